The number of H-pyrrole nitrogens is 1. The van der Waals surface area contributed by atoms with Crippen LogP contribution in [0.15, 0.2) is 12.4 Å². The van der Waals surface area contributed by atoms with Gasteiger partial charge in [0.1, 0.15) is 12.4 Å². The van der Waals surface area contributed by atoms with Crippen LogP contribution in [0.25, 0.3) is 0 Å². The van der Waals surface area contributed by atoms with Gasteiger partial charge >= 0.3 is 0 Å². The number of nitrogens with zero attached hydrogens (tertiary/aromatic N) is 1. The van der Waals surface area contributed by atoms with Crippen LogP contribution < -0.4 is 4.57 Å². The fraction of sp³-hybridized carbons (Fsp3) is 0.927. The first-order chi connectivity index (χ1) is 21.2. The molecule has 2 nitrogen and oxygen atoms in total. The Morgan fingerprint density at radius 3 is 1.09 bits per heavy atom. The van der Waals surface area contributed by atoms with Gasteiger partial charge in [-0.15, -0.1) is 0 Å². The van der Waals surface area contributed by atoms with Gasteiger partial charge in [0.25, 0.3) is 5.82 Å². The van der Waals surface area contributed by atoms with E-state index in [2.05, 4.69) is 49.6 Å². The molecule has 0 aliphatic carbocycles. The average molecular weight is 602 g/mol. The van der Waals surface area contributed by atoms with E-state index in [0.29, 0.717) is 12.0 Å². The molecule has 1 aromatic rings. The smallest absolute Gasteiger partial charge is 0.247 e. The molecule has 2 atom stereocenters. The summed E-state index contributed by atoms with van der Waals surface area (Å²) in [6, 6.07) is 0.620. The lowest BCUT2D eigenvalue weighted by molar-refractivity contribution is -0.727. The third kappa shape index (κ3) is 23.2. The molecule has 2 heteroatoms. The van der Waals surface area contributed by atoms with Crippen molar-refractivity contribution in [3.8, 4) is 0 Å². The minimum Gasteiger partial charge on any atom is -0.247 e. The van der Waals surface area contributed by atoms with Crippen LogP contribution in [0.5, 0.6) is 0 Å². The first-order valence-corrected chi connectivity index (χ1v) is 20.3. The van der Waals surface area contributed by atoms with Crippen molar-refractivity contribution in [3.63, 3.8) is 0 Å². The molecule has 0 saturated heterocycles. The van der Waals surface area contributed by atoms with Crippen LogP contribution in [0.1, 0.15) is 251 Å². The van der Waals surface area contributed by atoms with E-state index >= 15 is 0 Å². The molecular formula is C41H81N2+. The summed E-state index contributed by atoms with van der Waals surface area (Å²) in [7, 11) is 0. The molecule has 1 rings (SSSR count). The van der Waals surface area contributed by atoms with Crippen molar-refractivity contribution in [1.82, 2.24) is 4.98 Å². The lowest BCUT2D eigenvalue weighted by Crippen LogP contribution is -2.41. The highest BCUT2D eigenvalue weighted by Gasteiger charge is 2.25. The number of aromatic nitrogens is 2. The number of unbranched alkanes of at least 4 members (excludes halogenated alkanes) is 26. The van der Waals surface area contributed by atoms with Crippen molar-refractivity contribution >= 4 is 0 Å². The Morgan fingerprint density at radius 2 is 0.744 bits per heavy atom. The summed E-state index contributed by atoms with van der Waals surface area (Å²) >= 11 is 0. The normalized spacial score (nSPS) is 13.1. The molecule has 1 aromatic heterocycles. The first-order valence-electron chi connectivity index (χ1n) is 20.3. The standard InChI is InChI=1S/C41H80N2/c1-5-8-11-14-17-18-19-20-21-22-23-24-25-27-30-33-36-40(35-32-29-26-15-12-9-6-2)41-42-37-38-43(41)39(4)34-31-28-16-13-10-7-3/h37-40H,5-36H2,1-4H3/p+1. The van der Waals surface area contributed by atoms with Crippen LogP contribution in [0.4, 0.5) is 0 Å². The van der Waals surface area contributed by atoms with E-state index in [1.165, 1.54) is 211 Å². The van der Waals surface area contributed by atoms with Gasteiger partial charge in [-0.25, -0.2) is 9.55 Å². The summed E-state index contributed by atoms with van der Waals surface area (Å²) in [4.78, 5) is 3.74. The van der Waals surface area contributed by atoms with E-state index in [0.717, 1.165) is 0 Å². The van der Waals surface area contributed by atoms with Crippen LogP contribution in [0, 0.1) is 0 Å². The molecule has 0 fully saturated rings. The highest BCUT2D eigenvalue weighted by atomic mass is 15.1. The SMILES string of the molecule is CCCCCCCCCCCCCCCCCCC(CCCCCCCCC)c1[nH]cc[n+]1C(C)CCCCCCCC. The van der Waals surface area contributed by atoms with Crippen LogP contribution in [0.2, 0.25) is 0 Å². The number of hydrogen-bond donors (Lipinski definition) is 1. The predicted molar refractivity (Wildman–Crippen MR) is 193 cm³/mol. The van der Waals surface area contributed by atoms with Crippen LogP contribution >= 0.6 is 0 Å². The summed E-state index contributed by atoms with van der Waals surface area (Å²) in [5.74, 6) is 2.25. The third-order valence-electron chi connectivity index (χ3n) is 10.1. The van der Waals surface area contributed by atoms with Crippen molar-refractivity contribution in [1.29, 1.82) is 0 Å². The second-order valence-electron chi connectivity index (χ2n) is 14.4. The summed E-state index contributed by atoms with van der Waals surface area (Å²) in [6.45, 7) is 9.41. The van der Waals surface area contributed by atoms with E-state index in [1.54, 1.807) is 0 Å². The molecule has 0 bridgehead atoms. The van der Waals surface area contributed by atoms with Gasteiger partial charge in [0, 0.05) is 0 Å². The Bertz CT molecular complexity index is 664. The molecule has 0 aliphatic rings. The van der Waals surface area contributed by atoms with Gasteiger partial charge in [-0.05, 0) is 32.6 Å². The lowest BCUT2D eigenvalue weighted by atomic mass is 9.92. The minimum atomic E-state index is 0.620. The van der Waals surface area contributed by atoms with Crippen molar-refractivity contribution in [2.24, 2.45) is 0 Å². The summed E-state index contributed by atoms with van der Waals surface area (Å²) in [5, 5.41) is 0. The first kappa shape index (κ1) is 40.2. The summed E-state index contributed by atoms with van der Waals surface area (Å²) < 4.78 is 2.63. The molecule has 1 N–H and O–H groups in total. The number of hydrogen-bond acceptors (Lipinski definition) is 0. The molecule has 0 radical (unpaired) electrons. The zero-order chi connectivity index (χ0) is 31.1. The Hall–Kier alpha value is -0.790. The zero-order valence-electron chi connectivity index (χ0n) is 30.4. The van der Waals surface area contributed by atoms with Crippen molar-refractivity contribution < 1.29 is 4.57 Å². The second kappa shape index (κ2) is 31.2. The molecule has 43 heavy (non-hydrogen) atoms. The van der Waals surface area contributed by atoms with Crippen LogP contribution in [0.3, 0.4) is 0 Å². The lowest BCUT2D eigenvalue weighted by Gasteiger charge is -2.17. The summed E-state index contributed by atoms with van der Waals surface area (Å²) in [6.07, 6.45) is 50.2. The number of nitrogens with one attached hydrogen (secondary N) is 1. The maximum atomic E-state index is 3.74. The molecule has 0 aliphatic heterocycles. The average Bonchev–Trinajstić information content (AvgIpc) is 3.51. The van der Waals surface area contributed by atoms with Crippen molar-refractivity contribution in [3.05, 3.63) is 18.2 Å². The Morgan fingerprint density at radius 1 is 0.442 bits per heavy atom. The van der Waals surface area contributed by atoms with E-state index in [-0.39, 0.29) is 0 Å². The molecule has 0 spiro atoms. The van der Waals surface area contributed by atoms with Gasteiger partial charge in [-0.3, -0.25) is 0 Å². The van der Waals surface area contributed by atoms with Crippen molar-refractivity contribution in [2.75, 3.05) is 0 Å². The van der Waals surface area contributed by atoms with Gasteiger partial charge in [0.2, 0.25) is 0 Å². The van der Waals surface area contributed by atoms with E-state index in [4.69, 9.17) is 0 Å². The van der Waals surface area contributed by atoms with Gasteiger partial charge in [-0.2, -0.15) is 0 Å². The second-order valence-corrected chi connectivity index (χ2v) is 14.4. The highest BCUT2D eigenvalue weighted by Crippen LogP contribution is 2.27. The zero-order valence-corrected chi connectivity index (χ0v) is 30.4. The van der Waals surface area contributed by atoms with Crippen molar-refractivity contribution in [2.45, 2.75) is 245 Å². The fourth-order valence-electron chi connectivity index (χ4n) is 7.13. The summed E-state index contributed by atoms with van der Waals surface area (Å²) in [5.41, 5.74) is 0. The van der Waals surface area contributed by atoms with Gasteiger partial charge in [0.15, 0.2) is 0 Å². The van der Waals surface area contributed by atoms with E-state index < -0.39 is 0 Å². The predicted octanol–water partition coefficient (Wildman–Crippen LogP) is 14.5. The van der Waals surface area contributed by atoms with Crippen LogP contribution in [-0.4, -0.2) is 4.98 Å². The highest BCUT2D eigenvalue weighted by molar-refractivity contribution is 4.90. The number of imidazole rings is 1. The minimum absolute atomic E-state index is 0.620. The number of rotatable bonds is 34. The van der Waals surface area contributed by atoms with Gasteiger partial charge in [0.05, 0.1) is 12.0 Å². The largest absolute Gasteiger partial charge is 0.257 e. The quantitative estimate of drug-likeness (QED) is 0.0599. The molecular weight excluding hydrogens is 520 g/mol. The molecule has 0 saturated carbocycles. The topological polar surface area (TPSA) is 19.7 Å². The monoisotopic (exact) mass is 602 g/mol. The Balaban J connectivity index is 2.32. The maximum absolute atomic E-state index is 3.74. The molecule has 0 aromatic carbocycles. The molecule has 254 valence electrons. The van der Waals surface area contributed by atoms with Gasteiger partial charge < -0.3 is 0 Å². The number of aromatic amines is 1. The molecule has 0 amide bonds. The fourth-order valence-corrected chi connectivity index (χ4v) is 7.13. The Kier molecular flexibility index (Phi) is 29.2. The van der Waals surface area contributed by atoms with E-state index in [1.807, 2.05) is 0 Å². The Labute approximate surface area is 272 Å². The third-order valence-corrected chi connectivity index (χ3v) is 10.1. The van der Waals surface area contributed by atoms with Gasteiger partial charge in [-0.1, -0.05) is 201 Å². The molecule has 1 heterocycles. The van der Waals surface area contributed by atoms with Crippen LogP contribution in [-0.2, 0) is 0 Å². The van der Waals surface area contributed by atoms with E-state index in [9.17, 15) is 0 Å². The maximum Gasteiger partial charge on any atom is 0.257 e. The molecule has 2 unspecified atom stereocenters.